The molecule has 0 aromatic heterocycles. The predicted molar refractivity (Wildman–Crippen MR) is 36.9 cm³/mol. The first-order chi connectivity index (χ1) is 5.33. The summed E-state index contributed by atoms with van der Waals surface area (Å²) in [7, 11) is 0. The van der Waals surface area contributed by atoms with Gasteiger partial charge in [-0.25, -0.2) is 4.79 Å². The van der Waals surface area contributed by atoms with Gasteiger partial charge in [0.05, 0.1) is 12.5 Å². The molecule has 0 aliphatic carbocycles. The van der Waals surface area contributed by atoms with Gasteiger partial charge in [-0.2, -0.15) is 5.26 Å². The Kier molecular flexibility index (Phi) is 3.32. The molecule has 1 fully saturated rings. The summed E-state index contributed by atoms with van der Waals surface area (Å²) in [4.78, 5) is 14.0. The Morgan fingerprint density at radius 1 is 1.73 bits per heavy atom. The molecule has 0 radical (unpaired) electrons. The molecule has 1 heterocycles. The van der Waals surface area contributed by atoms with Gasteiger partial charge in [0, 0.05) is 6.61 Å². The van der Waals surface area contributed by atoms with E-state index in [2.05, 4.69) is 4.89 Å². The van der Waals surface area contributed by atoms with E-state index < -0.39 is 5.97 Å². The maximum Gasteiger partial charge on any atom is 0.342 e. The van der Waals surface area contributed by atoms with Gasteiger partial charge in [-0.3, -0.25) is 0 Å². The molecular formula is C7H12O4. The molecule has 1 unspecified atom stereocenters. The lowest BCUT2D eigenvalue weighted by atomic mass is 10.1. The highest BCUT2D eigenvalue weighted by Gasteiger charge is 2.16. The van der Waals surface area contributed by atoms with Gasteiger partial charge in [0.25, 0.3) is 0 Å². The Hall–Kier alpha value is -0.610. The summed E-state index contributed by atoms with van der Waals surface area (Å²) in [6.45, 7) is 0.791. The lowest BCUT2D eigenvalue weighted by Gasteiger charge is -2.05. The Morgan fingerprint density at radius 3 is 3.09 bits per heavy atom. The molecule has 1 atom stereocenters. The molecule has 0 spiro atoms. The molecular weight excluding hydrogens is 148 g/mol. The van der Waals surface area contributed by atoms with Crippen LogP contribution in [-0.2, 0) is 14.4 Å². The molecule has 1 aliphatic heterocycles. The van der Waals surface area contributed by atoms with Gasteiger partial charge in [0.1, 0.15) is 0 Å². The molecule has 0 aromatic rings. The number of carbonyl (C=O) groups is 1. The van der Waals surface area contributed by atoms with Gasteiger partial charge < -0.3 is 9.62 Å². The van der Waals surface area contributed by atoms with E-state index in [1.54, 1.807) is 0 Å². The minimum atomic E-state index is -0.583. The van der Waals surface area contributed by atoms with E-state index in [0.717, 1.165) is 19.4 Å². The van der Waals surface area contributed by atoms with E-state index in [0.29, 0.717) is 6.42 Å². The zero-order chi connectivity index (χ0) is 8.10. The normalized spacial score (nSPS) is 23.5. The highest BCUT2D eigenvalue weighted by Crippen LogP contribution is 2.16. The second kappa shape index (κ2) is 4.31. The lowest BCUT2D eigenvalue weighted by molar-refractivity contribution is -0.234. The molecule has 0 saturated carbocycles. The Morgan fingerprint density at radius 2 is 2.55 bits per heavy atom. The number of ether oxygens (including phenoxy) is 1. The molecule has 0 aromatic carbocycles. The van der Waals surface area contributed by atoms with E-state index in [1.165, 1.54) is 0 Å². The van der Waals surface area contributed by atoms with Crippen molar-refractivity contribution in [1.82, 2.24) is 0 Å². The van der Waals surface area contributed by atoms with Crippen LogP contribution in [0.3, 0.4) is 0 Å². The first-order valence-corrected chi connectivity index (χ1v) is 3.79. The molecule has 1 N–H and O–H groups in total. The van der Waals surface area contributed by atoms with Gasteiger partial charge in [0.2, 0.25) is 0 Å². The molecule has 0 amide bonds. The summed E-state index contributed by atoms with van der Waals surface area (Å²) in [6.07, 6.45) is 3.16. The van der Waals surface area contributed by atoms with E-state index in [9.17, 15) is 4.79 Å². The van der Waals surface area contributed by atoms with Crippen molar-refractivity contribution < 1.29 is 19.7 Å². The van der Waals surface area contributed by atoms with Crippen LogP contribution in [0, 0.1) is 0 Å². The molecule has 64 valence electrons. The molecule has 11 heavy (non-hydrogen) atoms. The van der Waals surface area contributed by atoms with E-state index in [4.69, 9.17) is 9.99 Å². The van der Waals surface area contributed by atoms with E-state index in [-0.39, 0.29) is 12.5 Å². The Balaban J connectivity index is 2.06. The first-order valence-electron chi connectivity index (χ1n) is 3.79. The van der Waals surface area contributed by atoms with Crippen LogP contribution < -0.4 is 0 Å². The molecule has 0 bridgehead atoms. The number of carbonyl (C=O) groups excluding carboxylic acids is 1. The largest absolute Gasteiger partial charge is 0.378 e. The zero-order valence-electron chi connectivity index (χ0n) is 6.28. The van der Waals surface area contributed by atoms with Crippen molar-refractivity contribution in [3.05, 3.63) is 0 Å². The third-order valence-corrected chi connectivity index (χ3v) is 1.80. The monoisotopic (exact) mass is 160 g/mol. The van der Waals surface area contributed by atoms with Crippen LogP contribution in [0.1, 0.15) is 25.7 Å². The second-order valence-electron chi connectivity index (χ2n) is 2.64. The minimum Gasteiger partial charge on any atom is -0.378 e. The van der Waals surface area contributed by atoms with Crippen LogP contribution in [0.4, 0.5) is 0 Å². The van der Waals surface area contributed by atoms with Crippen LogP contribution in [0.5, 0.6) is 0 Å². The van der Waals surface area contributed by atoms with Crippen molar-refractivity contribution in [1.29, 1.82) is 0 Å². The highest BCUT2D eigenvalue weighted by molar-refractivity contribution is 5.68. The number of hydrogen-bond acceptors (Lipinski definition) is 4. The molecule has 4 heteroatoms. The van der Waals surface area contributed by atoms with Crippen molar-refractivity contribution in [2.75, 3.05) is 6.61 Å². The average Bonchev–Trinajstić information content (AvgIpc) is 2.52. The summed E-state index contributed by atoms with van der Waals surface area (Å²) < 4.78 is 5.26. The van der Waals surface area contributed by atoms with Crippen molar-refractivity contribution in [2.24, 2.45) is 0 Å². The topological polar surface area (TPSA) is 55.8 Å². The van der Waals surface area contributed by atoms with E-state index >= 15 is 0 Å². The van der Waals surface area contributed by atoms with Gasteiger partial charge in [-0.1, -0.05) is 0 Å². The Bertz CT molecular complexity index is 128. The zero-order valence-corrected chi connectivity index (χ0v) is 6.28. The van der Waals surface area contributed by atoms with Crippen molar-refractivity contribution >= 4 is 5.97 Å². The maximum absolute atomic E-state index is 10.4. The summed E-state index contributed by atoms with van der Waals surface area (Å²) in [5, 5.41) is 7.92. The number of rotatable bonds is 3. The SMILES string of the molecule is O=C(CCC1CCCO1)OO. The first kappa shape index (κ1) is 8.49. The minimum absolute atomic E-state index is 0.189. The third kappa shape index (κ3) is 2.86. The third-order valence-electron chi connectivity index (χ3n) is 1.80. The molecule has 1 rings (SSSR count). The fraction of sp³-hybridized carbons (Fsp3) is 0.857. The fourth-order valence-corrected chi connectivity index (χ4v) is 1.20. The van der Waals surface area contributed by atoms with Crippen LogP contribution in [0.15, 0.2) is 0 Å². The second-order valence-corrected chi connectivity index (χ2v) is 2.64. The smallest absolute Gasteiger partial charge is 0.342 e. The van der Waals surface area contributed by atoms with E-state index in [1.807, 2.05) is 0 Å². The maximum atomic E-state index is 10.4. The van der Waals surface area contributed by atoms with Crippen molar-refractivity contribution in [2.45, 2.75) is 31.8 Å². The summed E-state index contributed by atoms with van der Waals surface area (Å²) >= 11 is 0. The molecule has 1 saturated heterocycles. The van der Waals surface area contributed by atoms with Gasteiger partial charge in [-0.05, 0) is 19.3 Å². The van der Waals surface area contributed by atoms with Gasteiger partial charge >= 0.3 is 5.97 Å². The van der Waals surface area contributed by atoms with Crippen LogP contribution in [-0.4, -0.2) is 23.9 Å². The lowest BCUT2D eigenvalue weighted by Crippen LogP contribution is -2.09. The standard InChI is InChI=1S/C7H12O4/c8-7(11-9)4-3-6-2-1-5-10-6/h6,9H,1-5H2. The molecule has 1 aliphatic rings. The summed E-state index contributed by atoms with van der Waals surface area (Å²) in [6, 6.07) is 0. The van der Waals surface area contributed by atoms with Crippen molar-refractivity contribution in [3.63, 3.8) is 0 Å². The molecule has 4 nitrogen and oxygen atoms in total. The summed E-state index contributed by atoms with van der Waals surface area (Å²) in [5.41, 5.74) is 0. The summed E-state index contributed by atoms with van der Waals surface area (Å²) in [5.74, 6) is -0.583. The Labute approximate surface area is 65.0 Å². The van der Waals surface area contributed by atoms with Gasteiger partial charge in [-0.15, -0.1) is 0 Å². The fourth-order valence-electron chi connectivity index (χ4n) is 1.20. The highest BCUT2D eigenvalue weighted by atomic mass is 17.1. The van der Waals surface area contributed by atoms with Crippen LogP contribution >= 0.6 is 0 Å². The quantitative estimate of drug-likeness (QED) is 0.493. The predicted octanol–water partition coefficient (Wildman–Crippen LogP) is 0.962. The van der Waals surface area contributed by atoms with Crippen molar-refractivity contribution in [3.8, 4) is 0 Å². The van der Waals surface area contributed by atoms with Crippen LogP contribution in [0.2, 0.25) is 0 Å². The van der Waals surface area contributed by atoms with Gasteiger partial charge in [0.15, 0.2) is 0 Å². The average molecular weight is 160 g/mol. The van der Waals surface area contributed by atoms with Crippen LogP contribution in [0.25, 0.3) is 0 Å². The number of hydrogen-bond donors (Lipinski definition) is 1.